The number of aromatic nitrogens is 1. The van der Waals surface area contributed by atoms with Crippen LogP contribution in [0.3, 0.4) is 0 Å². The molecular weight excluding hydrogens is 196 g/mol. The van der Waals surface area contributed by atoms with Gasteiger partial charge in [-0.2, -0.15) is 0 Å². The van der Waals surface area contributed by atoms with E-state index in [4.69, 9.17) is 9.26 Å². The lowest BCUT2D eigenvalue weighted by Crippen LogP contribution is -2.19. The zero-order valence-electron chi connectivity index (χ0n) is 8.82. The number of aryl methyl sites for hydroxylation is 1. The van der Waals surface area contributed by atoms with Crippen LogP contribution in [-0.2, 0) is 9.53 Å². The molecule has 1 aromatic heterocycles. The molecule has 1 aromatic rings. The molecule has 15 heavy (non-hydrogen) atoms. The standard InChI is InChI=1S/C10H14N2O3/c1-6-3-9(12-15-6)8-4-7(5-11-8)10(13)14-2/h3,7-8,11H,4-5H2,1-2H3. The van der Waals surface area contributed by atoms with Crippen LogP contribution in [0.2, 0.25) is 0 Å². The van der Waals surface area contributed by atoms with Crippen LogP contribution in [0.5, 0.6) is 0 Å². The van der Waals surface area contributed by atoms with Gasteiger partial charge in [-0.25, -0.2) is 0 Å². The number of methoxy groups -OCH3 is 1. The lowest BCUT2D eigenvalue weighted by molar-refractivity contribution is -0.144. The van der Waals surface area contributed by atoms with Gasteiger partial charge in [0.2, 0.25) is 0 Å². The number of rotatable bonds is 2. The summed E-state index contributed by atoms with van der Waals surface area (Å²) in [5, 5.41) is 7.16. The Kier molecular flexibility index (Phi) is 2.73. The van der Waals surface area contributed by atoms with Crippen LogP contribution in [0.15, 0.2) is 10.6 Å². The first-order valence-electron chi connectivity index (χ1n) is 4.95. The predicted octanol–water partition coefficient (Wildman–Crippen LogP) is 0.807. The third kappa shape index (κ3) is 2.02. The van der Waals surface area contributed by atoms with Crippen molar-refractivity contribution < 1.29 is 14.1 Å². The third-order valence-electron chi connectivity index (χ3n) is 2.67. The van der Waals surface area contributed by atoms with Crippen molar-refractivity contribution in [2.75, 3.05) is 13.7 Å². The van der Waals surface area contributed by atoms with Crippen LogP contribution in [0.4, 0.5) is 0 Å². The van der Waals surface area contributed by atoms with E-state index >= 15 is 0 Å². The van der Waals surface area contributed by atoms with Gasteiger partial charge in [-0.05, 0) is 13.3 Å². The molecule has 0 saturated carbocycles. The van der Waals surface area contributed by atoms with E-state index in [-0.39, 0.29) is 17.9 Å². The van der Waals surface area contributed by atoms with Gasteiger partial charge in [0.05, 0.1) is 19.1 Å². The van der Waals surface area contributed by atoms with Gasteiger partial charge in [0.25, 0.3) is 0 Å². The number of carbonyl (C=O) groups excluding carboxylic acids is 1. The minimum atomic E-state index is -0.162. The second kappa shape index (κ2) is 4.02. The van der Waals surface area contributed by atoms with Crippen LogP contribution in [0.25, 0.3) is 0 Å². The monoisotopic (exact) mass is 210 g/mol. The summed E-state index contributed by atoms with van der Waals surface area (Å²) in [6.07, 6.45) is 0.721. The lowest BCUT2D eigenvalue weighted by Gasteiger charge is -2.05. The van der Waals surface area contributed by atoms with E-state index in [2.05, 4.69) is 10.5 Å². The Labute approximate surface area is 87.8 Å². The van der Waals surface area contributed by atoms with Gasteiger partial charge in [-0.1, -0.05) is 5.16 Å². The number of carbonyl (C=O) groups is 1. The first-order chi connectivity index (χ1) is 7.20. The Morgan fingerprint density at radius 2 is 2.53 bits per heavy atom. The van der Waals surface area contributed by atoms with Crippen molar-refractivity contribution in [1.82, 2.24) is 10.5 Å². The van der Waals surface area contributed by atoms with Crippen molar-refractivity contribution in [2.45, 2.75) is 19.4 Å². The van der Waals surface area contributed by atoms with Crippen molar-refractivity contribution in [3.8, 4) is 0 Å². The molecule has 1 aliphatic rings. The SMILES string of the molecule is COC(=O)C1CNC(c2cc(C)on2)C1. The van der Waals surface area contributed by atoms with Crippen LogP contribution in [0, 0.1) is 12.8 Å². The van der Waals surface area contributed by atoms with E-state index in [0.717, 1.165) is 17.9 Å². The molecule has 1 fully saturated rings. The molecule has 2 unspecified atom stereocenters. The highest BCUT2D eigenvalue weighted by atomic mass is 16.5. The van der Waals surface area contributed by atoms with Gasteiger partial charge >= 0.3 is 5.97 Å². The summed E-state index contributed by atoms with van der Waals surface area (Å²) in [5.41, 5.74) is 0.860. The molecule has 0 aromatic carbocycles. The topological polar surface area (TPSA) is 64.4 Å². The first-order valence-corrected chi connectivity index (χ1v) is 4.95. The zero-order valence-corrected chi connectivity index (χ0v) is 8.82. The highest BCUT2D eigenvalue weighted by Gasteiger charge is 2.32. The van der Waals surface area contributed by atoms with Crippen molar-refractivity contribution in [3.05, 3.63) is 17.5 Å². The van der Waals surface area contributed by atoms with Crippen LogP contribution < -0.4 is 5.32 Å². The number of nitrogens with zero attached hydrogens (tertiary/aromatic N) is 1. The average Bonchev–Trinajstić information content (AvgIpc) is 2.84. The molecule has 0 aliphatic carbocycles. The molecule has 0 amide bonds. The maximum Gasteiger partial charge on any atom is 0.310 e. The fraction of sp³-hybridized carbons (Fsp3) is 0.600. The van der Waals surface area contributed by atoms with E-state index in [1.165, 1.54) is 7.11 Å². The number of esters is 1. The number of nitrogens with one attached hydrogen (secondary N) is 1. The predicted molar refractivity (Wildman–Crippen MR) is 52.1 cm³/mol. The Balaban J connectivity index is 2.01. The zero-order chi connectivity index (χ0) is 10.8. The van der Waals surface area contributed by atoms with E-state index < -0.39 is 0 Å². The van der Waals surface area contributed by atoms with Crippen molar-refractivity contribution in [1.29, 1.82) is 0 Å². The van der Waals surface area contributed by atoms with Gasteiger partial charge in [0.15, 0.2) is 0 Å². The molecule has 5 heteroatoms. The molecule has 1 N–H and O–H groups in total. The molecule has 0 radical (unpaired) electrons. The maximum absolute atomic E-state index is 11.3. The Morgan fingerprint density at radius 1 is 1.73 bits per heavy atom. The molecule has 0 spiro atoms. The van der Waals surface area contributed by atoms with Crippen molar-refractivity contribution in [3.63, 3.8) is 0 Å². The van der Waals surface area contributed by atoms with E-state index in [1.54, 1.807) is 0 Å². The van der Waals surface area contributed by atoms with Gasteiger partial charge in [-0.15, -0.1) is 0 Å². The number of hydrogen-bond acceptors (Lipinski definition) is 5. The summed E-state index contributed by atoms with van der Waals surface area (Å²) >= 11 is 0. The van der Waals surface area contributed by atoms with Crippen LogP contribution in [-0.4, -0.2) is 24.8 Å². The van der Waals surface area contributed by atoms with Crippen molar-refractivity contribution >= 4 is 5.97 Å². The maximum atomic E-state index is 11.3. The van der Waals surface area contributed by atoms with Gasteiger partial charge in [0.1, 0.15) is 11.5 Å². The highest BCUT2D eigenvalue weighted by molar-refractivity contribution is 5.73. The molecule has 82 valence electrons. The minimum absolute atomic E-state index is 0.0722. The van der Waals surface area contributed by atoms with E-state index in [0.29, 0.717) is 6.54 Å². The fourth-order valence-corrected chi connectivity index (χ4v) is 1.86. The Morgan fingerprint density at radius 3 is 3.13 bits per heavy atom. The molecule has 2 heterocycles. The summed E-state index contributed by atoms with van der Waals surface area (Å²) in [6, 6.07) is 1.99. The van der Waals surface area contributed by atoms with Gasteiger partial charge < -0.3 is 14.6 Å². The van der Waals surface area contributed by atoms with Crippen LogP contribution in [0.1, 0.15) is 23.9 Å². The summed E-state index contributed by atoms with van der Waals surface area (Å²) in [6.45, 7) is 2.49. The van der Waals surface area contributed by atoms with Gasteiger partial charge in [-0.3, -0.25) is 4.79 Å². The highest BCUT2D eigenvalue weighted by Crippen LogP contribution is 2.27. The van der Waals surface area contributed by atoms with Crippen molar-refractivity contribution in [2.24, 2.45) is 5.92 Å². The van der Waals surface area contributed by atoms with E-state index in [9.17, 15) is 4.79 Å². The molecule has 5 nitrogen and oxygen atoms in total. The minimum Gasteiger partial charge on any atom is -0.469 e. The molecule has 0 bridgehead atoms. The number of ether oxygens (including phenoxy) is 1. The summed E-state index contributed by atoms with van der Waals surface area (Å²) in [4.78, 5) is 11.3. The first kappa shape index (κ1) is 10.2. The second-order valence-electron chi connectivity index (χ2n) is 3.78. The quantitative estimate of drug-likeness (QED) is 0.732. The van der Waals surface area contributed by atoms with Crippen LogP contribution >= 0.6 is 0 Å². The van der Waals surface area contributed by atoms with Gasteiger partial charge in [0, 0.05) is 12.6 Å². The second-order valence-corrected chi connectivity index (χ2v) is 3.78. The molecule has 2 rings (SSSR count). The smallest absolute Gasteiger partial charge is 0.310 e. The average molecular weight is 210 g/mol. The molecule has 2 atom stereocenters. The fourth-order valence-electron chi connectivity index (χ4n) is 1.86. The third-order valence-corrected chi connectivity index (χ3v) is 2.67. The normalized spacial score (nSPS) is 25.5. The molecule has 1 aliphatic heterocycles. The Hall–Kier alpha value is -1.36. The summed E-state index contributed by atoms with van der Waals surface area (Å²) < 4.78 is 9.69. The largest absolute Gasteiger partial charge is 0.469 e. The number of hydrogen-bond donors (Lipinski definition) is 1. The van der Waals surface area contributed by atoms with E-state index in [1.807, 2.05) is 13.0 Å². The lowest BCUT2D eigenvalue weighted by atomic mass is 10.0. The Bertz CT molecular complexity index is 361. The summed E-state index contributed by atoms with van der Waals surface area (Å²) in [5.74, 6) is 0.551. The molecular formula is C10H14N2O3. The molecule has 1 saturated heterocycles. The summed E-state index contributed by atoms with van der Waals surface area (Å²) in [7, 11) is 1.41.